The van der Waals surface area contributed by atoms with Gasteiger partial charge >= 0.3 is 0 Å². The van der Waals surface area contributed by atoms with Crippen molar-refractivity contribution in [2.45, 2.75) is 75.5 Å². The Morgan fingerprint density at radius 3 is 2.57 bits per heavy atom. The van der Waals surface area contributed by atoms with Gasteiger partial charge in [-0.2, -0.15) is 0 Å². The molecule has 1 saturated heterocycles. The van der Waals surface area contributed by atoms with Gasteiger partial charge < -0.3 is 24.4 Å². The number of carbonyl (C=O) groups excluding carboxylic acids is 3. The highest BCUT2D eigenvalue weighted by Gasteiger charge is 2.80. The van der Waals surface area contributed by atoms with Gasteiger partial charge in [-0.25, -0.2) is 8.78 Å². The van der Waals surface area contributed by atoms with E-state index in [-0.39, 0.29) is 43.0 Å². The lowest BCUT2D eigenvalue weighted by Gasteiger charge is -2.63. The van der Waals surface area contributed by atoms with Gasteiger partial charge in [-0.15, -0.1) is 10.2 Å². The molecule has 2 heterocycles. The lowest BCUT2D eigenvalue weighted by atomic mass is 9.44. The number of nitrogens with zero attached hydrogens (tertiary/aromatic N) is 2. The zero-order valence-corrected chi connectivity index (χ0v) is 24.1. The number of rotatable bonds is 5. The van der Waals surface area contributed by atoms with Crippen LogP contribution in [-0.2, 0) is 23.9 Å². The summed E-state index contributed by atoms with van der Waals surface area (Å²) in [6.07, 6.45) is -0.205. The Labute approximate surface area is 251 Å². The van der Waals surface area contributed by atoms with Crippen molar-refractivity contribution in [3.8, 4) is 5.75 Å². The number of carbonyl (C=O) groups is 3. The monoisotopic (exact) mass is 610 g/mol. The van der Waals surface area contributed by atoms with Gasteiger partial charge in [-0.3, -0.25) is 14.4 Å². The van der Waals surface area contributed by atoms with Crippen molar-refractivity contribution in [1.82, 2.24) is 0 Å². The van der Waals surface area contributed by atoms with Gasteiger partial charge in [0.05, 0.1) is 18.6 Å². The van der Waals surface area contributed by atoms with Crippen molar-refractivity contribution in [2.75, 3.05) is 6.61 Å². The Bertz CT molecular complexity index is 1570. The van der Waals surface area contributed by atoms with E-state index in [1.807, 2.05) is 0 Å². The lowest BCUT2D eigenvalue weighted by molar-refractivity contribution is -0.235. The van der Waals surface area contributed by atoms with Crippen molar-refractivity contribution in [2.24, 2.45) is 32.9 Å². The van der Waals surface area contributed by atoms with Crippen molar-refractivity contribution in [3.05, 3.63) is 65.6 Å². The first kappa shape index (κ1) is 29.3. The Hall–Kier alpha value is -3.45. The summed E-state index contributed by atoms with van der Waals surface area (Å²) in [5.41, 5.74) is -6.26. The Morgan fingerprint density at radius 2 is 1.89 bits per heavy atom. The van der Waals surface area contributed by atoms with E-state index in [0.29, 0.717) is 11.3 Å². The molecule has 0 aromatic heterocycles. The zero-order valence-electron chi connectivity index (χ0n) is 24.1. The first-order valence-corrected chi connectivity index (χ1v) is 14.7. The highest BCUT2D eigenvalue weighted by molar-refractivity contribution is 6.01. The number of ether oxygens (including phenoxy) is 3. The van der Waals surface area contributed by atoms with Crippen molar-refractivity contribution < 1.29 is 47.6 Å². The first-order valence-electron chi connectivity index (χ1n) is 14.7. The minimum atomic E-state index is -2.32. The van der Waals surface area contributed by atoms with E-state index in [2.05, 4.69) is 10.2 Å². The maximum absolute atomic E-state index is 17.5. The van der Waals surface area contributed by atoms with Gasteiger partial charge in [0.2, 0.25) is 5.88 Å². The highest BCUT2D eigenvalue weighted by atomic mass is 19.1. The number of aliphatic hydroxyl groups is 2. The van der Waals surface area contributed by atoms with Crippen LogP contribution in [0.1, 0.15) is 51.4 Å². The average molecular weight is 611 g/mol. The number of aliphatic hydroxyl groups excluding tert-OH is 2. The number of fused-ring (bicyclic) bond motifs is 7. The molecule has 10 atom stereocenters. The van der Waals surface area contributed by atoms with Gasteiger partial charge in [0.1, 0.15) is 18.5 Å². The minimum absolute atomic E-state index is 0.0158. The molecule has 0 radical (unpaired) electrons. The van der Waals surface area contributed by atoms with Crippen LogP contribution >= 0.6 is 0 Å². The minimum Gasteiger partial charge on any atom is -0.438 e. The van der Waals surface area contributed by atoms with E-state index in [9.17, 15) is 24.6 Å². The molecule has 232 valence electrons. The molecule has 10 nitrogen and oxygen atoms in total. The number of allylic oxidation sites excluding steroid dienone is 4. The van der Waals surface area contributed by atoms with Crippen LogP contribution in [0.5, 0.6) is 5.75 Å². The fraction of sp³-hybridized carbons (Fsp3) is 0.531. The maximum atomic E-state index is 17.5. The molecule has 0 spiro atoms. The third-order valence-corrected chi connectivity index (χ3v) is 11.0. The van der Waals surface area contributed by atoms with Gasteiger partial charge in [0.15, 0.2) is 29.1 Å². The van der Waals surface area contributed by atoms with E-state index in [0.717, 1.165) is 6.08 Å². The summed E-state index contributed by atoms with van der Waals surface area (Å²) in [6, 6.07) is 6.61. The van der Waals surface area contributed by atoms with Crippen LogP contribution in [0.15, 0.2) is 70.3 Å². The van der Waals surface area contributed by atoms with Crippen LogP contribution in [0.25, 0.3) is 0 Å². The second-order valence-electron chi connectivity index (χ2n) is 13.0. The van der Waals surface area contributed by atoms with Crippen molar-refractivity contribution >= 4 is 17.5 Å². The number of Topliss-reactive ketones (excluding diaryl/α,β-unsaturated/α-hetero) is 1. The molecule has 12 heteroatoms. The van der Waals surface area contributed by atoms with E-state index in [4.69, 9.17) is 14.2 Å². The van der Waals surface area contributed by atoms with Crippen LogP contribution < -0.4 is 4.74 Å². The van der Waals surface area contributed by atoms with Crippen LogP contribution in [0.2, 0.25) is 0 Å². The quantitative estimate of drug-likeness (QED) is 0.511. The lowest BCUT2D eigenvalue weighted by Crippen LogP contribution is -2.70. The van der Waals surface area contributed by atoms with Crippen molar-refractivity contribution in [3.63, 3.8) is 0 Å². The van der Waals surface area contributed by atoms with Gasteiger partial charge in [-0.1, -0.05) is 25.1 Å². The number of halogens is 2. The molecule has 1 aromatic rings. The normalized spacial score (nSPS) is 43.9. The van der Waals surface area contributed by atoms with Gasteiger partial charge in [0, 0.05) is 22.3 Å². The summed E-state index contributed by atoms with van der Waals surface area (Å²) < 4.78 is 51.7. The van der Waals surface area contributed by atoms with Crippen LogP contribution in [0, 0.1) is 22.7 Å². The standard InChI is InChI=1S/C32H32F2N2O8/c1-29-10-9-17(38)11-21(29)22(33)12-20-19-13-25-32(24(40)15-37,30(19,2)14-23(39)31(20,29)34)44-28(43-25)16-3-5-18(6-4-16)42-27-8-7-26(41)35-36-27/h3-6,8-11,19-20,22-23,25,28,37,39H,7,12-15H2,1-2H3/t19-,20-,22-,23-,25+,28+,29-,30-,31-,32+/m0/s1. The molecule has 2 aliphatic heterocycles. The fourth-order valence-electron chi connectivity index (χ4n) is 8.95. The largest absolute Gasteiger partial charge is 0.438 e. The van der Waals surface area contributed by atoms with Gasteiger partial charge in [0.25, 0.3) is 5.91 Å². The summed E-state index contributed by atoms with van der Waals surface area (Å²) in [4.78, 5) is 37.0. The number of hydrogen-bond acceptors (Lipinski definition) is 9. The molecule has 0 bridgehead atoms. The van der Waals surface area contributed by atoms with E-state index >= 15 is 8.78 Å². The summed E-state index contributed by atoms with van der Waals surface area (Å²) in [6.45, 7) is 2.38. The first-order chi connectivity index (χ1) is 20.9. The van der Waals surface area contributed by atoms with Crippen molar-refractivity contribution in [1.29, 1.82) is 0 Å². The van der Waals surface area contributed by atoms with E-state index < -0.39 is 76.8 Å². The molecule has 6 aliphatic rings. The number of amides is 1. The Balaban J connectivity index is 1.20. The number of alkyl halides is 2. The fourth-order valence-corrected chi connectivity index (χ4v) is 8.95. The molecule has 1 aromatic carbocycles. The zero-order chi connectivity index (χ0) is 31.2. The van der Waals surface area contributed by atoms with Gasteiger partial charge in [-0.05, 0) is 68.0 Å². The Morgan fingerprint density at radius 1 is 1.14 bits per heavy atom. The molecular weight excluding hydrogens is 578 g/mol. The molecule has 1 amide bonds. The number of ketones is 2. The number of benzene rings is 1. The molecule has 44 heavy (non-hydrogen) atoms. The van der Waals surface area contributed by atoms with Crippen LogP contribution in [0.3, 0.4) is 0 Å². The number of azo groups is 1. The second kappa shape index (κ2) is 9.77. The predicted octanol–water partition coefficient (Wildman–Crippen LogP) is 3.93. The van der Waals surface area contributed by atoms with Crippen LogP contribution in [-0.4, -0.2) is 63.9 Å². The summed E-state index contributed by atoms with van der Waals surface area (Å²) in [7, 11) is 0. The summed E-state index contributed by atoms with van der Waals surface area (Å²) in [5.74, 6) is -2.53. The van der Waals surface area contributed by atoms with Crippen LogP contribution in [0.4, 0.5) is 8.78 Å². The highest BCUT2D eigenvalue weighted by Crippen LogP contribution is 2.72. The predicted molar refractivity (Wildman–Crippen MR) is 147 cm³/mol. The molecular formula is C32H32F2N2O8. The third-order valence-electron chi connectivity index (χ3n) is 11.0. The summed E-state index contributed by atoms with van der Waals surface area (Å²) >= 11 is 0. The number of hydrogen-bond donors (Lipinski definition) is 2. The third kappa shape index (κ3) is 3.74. The molecule has 4 aliphatic carbocycles. The van der Waals surface area contributed by atoms with E-state index in [1.165, 1.54) is 25.2 Å². The topological polar surface area (TPSA) is 144 Å². The molecule has 2 N–H and O–H groups in total. The molecule has 0 unspecified atom stereocenters. The molecule has 7 rings (SSSR count). The summed E-state index contributed by atoms with van der Waals surface area (Å²) in [5, 5.41) is 28.9. The molecule has 3 saturated carbocycles. The SMILES string of the molecule is C[C@]12C=CC(=O)C=C1[C@@H](F)C[C@H]1[C@@H]3C[C@H]4O[C@@H](c5ccc(OC6=CCC(=O)N=N6)cc5)O[C@@]4(C(=O)CO)[C@@]3(C)C[C@H](O)[C@@]12F. The van der Waals surface area contributed by atoms with E-state index in [1.54, 1.807) is 31.2 Å². The second-order valence-corrected chi connectivity index (χ2v) is 13.0. The molecule has 4 fully saturated rings. The average Bonchev–Trinajstić information content (AvgIpc) is 3.50. The smallest absolute Gasteiger partial charge is 0.268 e. The maximum Gasteiger partial charge on any atom is 0.268 e. The Kier molecular flexibility index (Phi) is 6.50.